The normalized spacial score (nSPS) is 14.6. The van der Waals surface area contributed by atoms with E-state index in [1.807, 2.05) is 53.7 Å². The number of H-pyrrole nitrogens is 1. The second-order valence-corrected chi connectivity index (χ2v) is 6.60. The van der Waals surface area contributed by atoms with Crippen LogP contribution in [0.25, 0.3) is 16.6 Å². The number of nitrogens with one attached hydrogen (secondary N) is 1. The number of halogens is 1. The number of fused-ring (bicyclic) bond motifs is 1. The molecule has 25 heavy (non-hydrogen) atoms. The average Bonchev–Trinajstić information content (AvgIpc) is 3.08. The number of amides is 1. The third-order valence-electron chi connectivity index (χ3n) is 4.64. The lowest BCUT2D eigenvalue weighted by atomic mass is 10.0. The summed E-state index contributed by atoms with van der Waals surface area (Å²) in [5.74, 6) is 0.112. The van der Waals surface area contributed by atoms with E-state index in [1.165, 1.54) is 5.57 Å². The first-order chi connectivity index (χ1) is 12.2. The van der Waals surface area contributed by atoms with Gasteiger partial charge in [-0.2, -0.15) is 0 Å². The molecular weight excluding hydrogens is 334 g/mol. The number of hydrogen-bond donors (Lipinski definition) is 1. The van der Waals surface area contributed by atoms with Gasteiger partial charge < -0.3 is 9.88 Å². The highest BCUT2D eigenvalue weighted by Gasteiger charge is 2.20. The van der Waals surface area contributed by atoms with E-state index in [0.29, 0.717) is 24.5 Å². The van der Waals surface area contributed by atoms with Gasteiger partial charge >= 0.3 is 0 Å². The van der Waals surface area contributed by atoms with E-state index in [0.717, 1.165) is 28.6 Å². The Labute approximate surface area is 151 Å². The van der Waals surface area contributed by atoms with Gasteiger partial charge in [0.05, 0.1) is 17.5 Å². The third-order valence-corrected chi connectivity index (χ3v) is 5.01. The van der Waals surface area contributed by atoms with Crippen molar-refractivity contribution in [3.05, 3.63) is 71.0 Å². The van der Waals surface area contributed by atoms with Gasteiger partial charge in [-0.05, 0) is 35.8 Å². The Bertz CT molecular complexity index is 960. The SMILES string of the molecule is O=C(Cc1ccccc1Cl)N1CC=C(c2c[nH]c3cccnc23)CC1. The molecule has 5 heteroatoms. The van der Waals surface area contributed by atoms with E-state index in [4.69, 9.17) is 11.6 Å². The molecule has 2 aromatic heterocycles. The van der Waals surface area contributed by atoms with Crippen molar-refractivity contribution < 1.29 is 4.79 Å². The van der Waals surface area contributed by atoms with Crippen LogP contribution in [0.3, 0.4) is 0 Å². The molecule has 1 aliphatic heterocycles. The minimum atomic E-state index is 0.112. The van der Waals surface area contributed by atoms with Gasteiger partial charge in [0.15, 0.2) is 0 Å². The van der Waals surface area contributed by atoms with Gasteiger partial charge in [0, 0.05) is 36.1 Å². The summed E-state index contributed by atoms with van der Waals surface area (Å²) in [4.78, 5) is 22.2. The van der Waals surface area contributed by atoms with Gasteiger partial charge in [-0.25, -0.2) is 0 Å². The maximum Gasteiger partial charge on any atom is 0.227 e. The van der Waals surface area contributed by atoms with Crippen molar-refractivity contribution in [3.8, 4) is 0 Å². The lowest BCUT2D eigenvalue weighted by molar-refractivity contribution is -0.130. The van der Waals surface area contributed by atoms with Crippen LogP contribution in [0.1, 0.15) is 17.5 Å². The molecule has 4 nitrogen and oxygen atoms in total. The largest absolute Gasteiger partial charge is 0.359 e. The molecule has 0 radical (unpaired) electrons. The molecule has 3 aromatic rings. The van der Waals surface area contributed by atoms with E-state index in [-0.39, 0.29) is 5.91 Å². The van der Waals surface area contributed by atoms with Crippen LogP contribution in [0.15, 0.2) is 54.9 Å². The Morgan fingerprint density at radius 2 is 2.12 bits per heavy atom. The quantitative estimate of drug-likeness (QED) is 0.773. The van der Waals surface area contributed by atoms with Gasteiger partial charge in [-0.3, -0.25) is 9.78 Å². The number of nitrogens with zero attached hydrogens (tertiary/aromatic N) is 2. The maximum absolute atomic E-state index is 12.5. The van der Waals surface area contributed by atoms with Crippen LogP contribution in [-0.4, -0.2) is 33.9 Å². The number of aromatic amines is 1. The molecule has 0 spiro atoms. The van der Waals surface area contributed by atoms with Crippen molar-refractivity contribution in [3.63, 3.8) is 0 Å². The van der Waals surface area contributed by atoms with E-state index in [2.05, 4.69) is 16.0 Å². The molecule has 1 N–H and O–H groups in total. The second-order valence-electron chi connectivity index (χ2n) is 6.19. The number of rotatable bonds is 3. The zero-order valence-electron chi connectivity index (χ0n) is 13.7. The molecule has 0 saturated heterocycles. The number of carbonyl (C=O) groups excluding carboxylic acids is 1. The Morgan fingerprint density at radius 1 is 1.24 bits per heavy atom. The van der Waals surface area contributed by atoms with Crippen LogP contribution >= 0.6 is 11.6 Å². The van der Waals surface area contributed by atoms with Crippen molar-refractivity contribution >= 4 is 34.1 Å². The number of hydrogen-bond acceptors (Lipinski definition) is 2. The van der Waals surface area contributed by atoms with Crippen molar-refractivity contribution in [1.82, 2.24) is 14.9 Å². The number of carbonyl (C=O) groups is 1. The van der Waals surface area contributed by atoms with Crippen LogP contribution < -0.4 is 0 Å². The number of pyridine rings is 1. The standard InChI is InChI=1S/C20H18ClN3O/c21-17-5-2-1-4-15(17)12-19(25)24-10-7-14(8-11-24)16-13-23-18-6-3-9-22-20(16)18/h1-7,9,13,23H,8,10-12H2. The highest BCUT2D eigenvalue weighted by Crippen LogP contribution is 2.28. The molecule has 0 fully saturated rings. The molecule has 0 atom stereocenters. The van der Waals surface area contributed by atoms with Crippen molar-refractivity contribution in [2.75, 3.05) is 13.1 Å². The van der Waals surface area contributed by atoms with Gasteiger partial charge in [0.1, 0.15) is 0 Å². The summed E-state index contributed by atoms with van der Waals surface area (Å²) in [6.45, 7) is 1.34. The smallest absolute Gasteiger partial charge is 0.227 e. The summed E-state index contributed by atoms with van der Waals surface area (Å²) in [5, 5.41) is 0.647. The highest BCUT2D eigenvalue weighted by atomic mass is 35.5. The van der Waals surface area contributed by atoms with E-state index in [1.54, 1.807) is 0 Å². The van der Waals surface area contributed by atoms with Crippen LogP contribution in [-0.2, 0) is 11.2 Å². The minimum absolute atomic E-state index is 0.112. The fraction of sp³-hybridized carbons (Fsp3) is 0.200. The fourth-order valence-corrected chi connectivity index (χ4v) is 3.46. The molecule has 0 aliphatic carbocycles. The maximum atomic E-state index is 12.5. The highest BCUT2D eigenvalue weighted by molar-refractivity contribution is 6.31. The predicted octanol–water partition coefficient (Wildman–Crippen LogP) is 4.07. The van der Waals surface area contributed by atoms with E-state index in [9.17, 15) is 4.79 Å². The molecule has 1 aliphatic rings. The van der Waals surface area contributed by atoms with Crippen molar-refractivity contribution in [1.29, 1.82) is 0 Å². The van der Waals surface area contributed by atoms with Gasteiger partial charge in [0.2, 0.25) is 5.91 Å². The second kappa shape index (κ2) is 6.73. The first kappa shape index (κ1) is 15.9. The number of aromatic nitrogens is 2. The molecule has 1 amide bonds. The summed E-state index contributed by atoms with van der Waals surface area (Å²) in [5.41, 5.74) is 5.28. The first-order valence-electron chi connectivity index (χ1n) is 8.35. The molecule has 126 valence electrons. The summed E-state index contributed by atoms with van der Waals surface area (Å²) in [7, 11) is 0. The van der Waals surface area contributed by atoms with E-state index >= 15 is 0 Å². The van der Waals surface area contributed by atoms with Crippen molar-refractivity contribution in [2.45, 2.75) is 12.8 Å². The third kappa shape index (κ3) is 3.17. The summed E-state index contributed by atoms with van der Waals surface area (Å²) in [6, 6.07) is 11.5. The van der Waals surface area contributed by atoms with Gasteiger partial charge in [-0.15, -0.1) is 0 Å². The molecular formula is C20H18ClN3O. The molecule has 4 rings (SSSR count). The molecule has 0 bridgehead atoms. The van der Waals surface area contributed by atoms with E-state index < -0.39 is 0 Å². The Kier molecular flexibility index (Phi) is 4.28. The summed E-state index contributed by atoms with van der Waals surface area (Å²) >= 11 is 6.16. The molecule has 1 aromatic carbocycles. The monoisotopic (exact) mass is 351 g/mol. The Morgan fingerprint density at radius 3 is 2.92 bits per heavy atom. The lowest BCUT2D eigenvalue weighted by Gasteiger charge is -2.26. The van der Waals surface area contributed by atoms with Crippen molar-refractivity contribution in [2.24, 2.45) is 0 Å². The van der Waals surface area contributed by atoms with Crippen LogP contribution in [0.4, 0.5) is 0 Å². The lowest BCUT2D eigenvalue weighted by Crippen LogP contribution is -2.35. The Balaban J connectivity index is 1.48. The molecule has 3 heterocycles. The van der Waals surface area contributed by atoms with Gasteiger partial charge in [0.25, 0.3) is 0 Å². The first-order valence-corrected chi connectivity index (χ1v) is 8.73. The Hall–Kier alpha value is -2.59. The van der Waals surface area contributed by atoms with Crippen LogP contribution in [0.2, 0.25) is 5.02 Å². The fourth-order valence-electron chi connectivity index (χ4n) is 3.26. The summed E-state index contributed by atoms with van der Waals surface area (Å²) in [6.07, 6.45) is 7.12. The zero-order valence-corrected chi connectivity index (χ0v) is 14.5. The minimum Gasteiger partial charge on any atom is -0.359 e. The number of benzene rings is 1. The molecule has 0 saturated carbocycles. The summed E-state index contributed by atoms with van der Waals surface area (Å²) < 4.78 is 0. The zero-order chi connectivity index (χ0) is 17.2. The van der Waals surface area contributed by atoms with Crippen LogP contribution in [0, 0.1) is 0 Å². The average molecular weight is 352 g/mol. The van der Waals surface area contributed by atoms with Gasteiger partial charge in [-0.1, -0.05) is 35.9 Å². The molecule has 0 unspecified atom stereocenters. The predicted molar refractivity (Wildman–Crippen MR) is 100 cm³/mol. The topological polar surface area (TPSA) is 49.0 Å². The van der Waals surface area contributed by atoms with Crippen LogP contribution in [0.5, 0.6) is 0 Å².